The Morgan fingerprint density at radius 2 is 2.21 bits per heavy atom. The molecule has 76 valence electrons. The van der Waals surface area contributed by atoms with Gasteiger partial charge in [-0.05, 0) is 28.1 Å². The van der Waals surface area contributed by atoms with Gasteiger partial charge in [0, 0.05) is 16.5 Å². The van der Waals surface area contributed by atoms with Crippen LogP contribution in [-0.2, 0) is 4.74 Å². The summed E-state index contributed by atoms with van der Waals surface area (Å²) < 4.78 is 5.36. The molecular formula is C9H9BrClNO2. The highest BCUT2D eigenvalue weighted by Crippen LogP contribution is 2.30. The van der Waals surface area contributed by atoms with Gasteiger partial charge >= 0.3 is 5.97 Å². The molecule has 1 aromatic rings. The quantitative estimate of drug-likeness (QED) is 0.845. The molecule has 0 aliphatic heterocycles. The van der Waals surface area contributed by atoms with E-state index in [-0.39, 0.29) is 0 Å². The Morgan fingerprint density at radius 1 is 1.57 bits per heavy atom. The monoisotopic (exact) mass is 277 g/mol. The number of nitrogens with one attached hydrogen (secondary N) is 1. The van der Waals surface area contributed by atoms with Gasteiger partial charge in [-0.15, -0.1) is 0 Å². The number of hydrogen-bond donors (Lipinski definition) is 1. The van der Waals surface area contributed by atoms with E-state index in [1.54, 1.807) is 19.2 Å². The van der Waals surface area contributed by atoms with E-state index in [0.717, 1.165) is 4.47 Å². The van der Waals surface area contributed by atoms with Crippen molar-refractivity contribution in [3.05, 3.63) is 27.2 Å². The maximum absolute atomic E-state index is 11.4. The van der Waals surface area contributed by atoms with E-state index in [1.807, 2.05) is 0 Å². The van der Waals surface area contributed by atoms with Crippen molar-refractivity contribution in [1.29, 1.82) is 0 Å². The van der Waals surface area contributed by atoms with Crippen molar-refractivity contribution in [2.24, 2.45) is 0 Å². The summed E-state index contributed by atoms with van der Waals surface area (Å²) in [5, 5.41) is 3.38. The Hall–Kier alpha value is -0.740. The van der Waals surface area contributed by atoms with Gasteiger partial charge in [0.2, 0.25) is 0 Å². The highest BCUT2D eigenvalue weighted by Gasteiger charge is 2.14. The lowest BCUT2D eigenvalue weighted by Crippen LogP contribution is -2.06. The highest BCUT2D eigenvalue weighted by atomic mass is 79.9. The summed E-state index contributed by atoms with van der Waals surface area (Å²) >= 11 is 9.12. The first-order valence-corrected chi connectivity index (χ1v) is 5.02. The second-order valence-electron chi connectivity index (χ2n) is 2.55. The lowest BCUT2D eigenvalue weighted by atomic mass is 10.2. The Bertz CT molecular complexity index is 368. The van der Waals surface area contributed by atoms with Crippen LogP contribution in [0.3, 0.4) is 0 Å². The lowest BCUT2D eigenvalue weighted by Gasteiger charge is -2.09. The molecule has 0 aliphatic rings. The fraction of sp³-hybridized carbons (Fsp3) is 0.222. The van der Waals surface area contributed by atoms with Crippen LogP contribution in [-0.4, -0.2) is 20.1 Å². The van der Waals surface area contributed by atoms with Gasteiger partial charge < -0.3 is 10.1 Å². The zero-order valence-electron chi connectivity index (χ0n) is 7.73. The summed E-state index contributed by atoms with van der Waals surface area (Å²) in [7, 11) is 3.05. The van der Waals surface area contributed by atoms with Crippen LogP contribution in [0, 0.1) is 0 Å². The molecule has 0 spiro atoms. The molecule has 0 atom stereocenters. The van der Waals surface area contributed by atoms with E-state index in [4.69, 9.17) is 11.6 Å². The minimum absolute atomic E-state index is 0.411. The van der Waals surface area contributed by atoms with E-state index in [1.165, 1.54) is 7.11 Å². The van der Waals surface area contributed by atoms with Crippen molar-refractivity contribution in [3.63, 3.8) is 0 Å². The van der Waals surface area contributed by atoms with Crippen LogP contribution in [0.25, 0.3) is 0 Å². The Kier molecular flexibility index (Phi) is 3.77. The van der Waals surface area contributed by atoms with Crippen LogP contribution in [0.15, 0.2) is 16.6 Å². The summed E-state index contributed by atoms with van der Waals surface area (Å²) in [5.74, 6) is -0.419. The predicted molar refractivity (Wildman–Crippen MR) is 60.0 cm³/mol. The molecule has 0 bridgehead atoms. The molecular weight excluding hydrogens is 269 g/mol. The maximum Gasteiger partial charge on any atom is 0.340 e. The van der Waals surface area contributed by atoms with Gasteiger partial charge in [0.25, 0.3) is 0 Å². The molecule has 0 aromatic heterocycles. The van der Waals surface area contributed by atoms with Gasteiger partial charge in [-0.2, -0.15) is 0 Å². The average Bonchev–Trinajstić information content (AvgIpc) is 2.15. The fourth-order valence-corrected chi connectivity index (χ4v) is 2.11. The first-order valence-electron chi connectivity index (χ1n) is 3.85. The SMILES string of the molecule is CNc1c(Br)cc(Cl)cc1C(=O)OC. The molecule has 0 unspecified atom stereocenters. The normalized spacial score (nSPS) is 9.71. The molecule has 1 N–H and O–H groups in total. The molecule has 3 nitrogen and oxygen atoms in total. The van der Waals surface area contributed by atoms with E-state index >= 15 is 0 Å². The summed E-state index contributed by atoms with van der Waals surface area (Å²) in [6, 6.07) is 3.27. The van der Waals surface area contributed by atoms with E-state index in [2.05, 4.69) is 26.0 Å². The van der Waals surface area contributed by atoms with E-state index in [9.17, 15) is 4.79 Å². The standard InChI is InChI=1S/C9H9BrClNO2/c1-12-8-6(9(13)14-2)3-5(11)4-7(8)10/h3-4,12H,1-2H3. The summed E-state index contributed by atoms with van der Waals surface area (Å²) in [6.07, 6.45) is 0. The Morgan fingerprint density at radius 3 is 2.71 bits per heavy atom. The zero-order chi connectivity index (χ0) is 10.7. The molecule has 1 rings (SSSR count). The van der Waals surface area contributed by atoms with Crippen molar-refractivity contribution in [2.45, 2.75) is 0 Å². The third-order valence-corrected chi connectivity index (χ3v) is 2.55. The smallest absolute Gasteiger partial charge is 0.340 e. The number of esters is 1. The second-order valence-corrected chi connectivity index (χ2v) is 3.84. The number of hydrogen-bond acceptors (Lipinski definition) is 3. The molecule has 5 heteroatoms. The Balaban J connectivity index is 3.32. The van der Waals surface area contributed by atoms with Gasteiger partial charge in [0.15, 0.2) is 0 Å². The van der Waals surface area contributed by atoms with Gasteiger partial charge in [-0.1, -0.05) is 11.6 Å². The average molecular weight is 279 g/mol. The van der Waals surface area contributed by atoms with Crippen LogP contribution in [0.4, 0.5) is 5.69 Å². The van der Waals surface area contributed by atoms with Crippen LogP contribution >= 0.6 is 27.5 Å². The van der Waals surface area contributed by atoms with Gasteiger partial charge in [0.1, 0.15) is 0 Å². The zero-order valence-corrected chi connectivity index (χ0v) is 10.1. The number of carbonyl (C=O) groups excluding carboxylic acids is 1. The van der Waals surface area contributed by atoms with Crippen molar-refractivity contribution in [3.8, 4) is 0 Å². The van der Waals surface area contributed by atoms with Crippen molar-refractivity contribution in [1.82, 2.24) is 0 Å². The molecule has 0 saturated heterocycles. The van der Waals surface area contributed by atoms with Crippen molar-refractivity contribution >= 4 is 39.2 Å². The largest absolute Gasteiger partial charge is 0.465 e. The van der Waals surface area contributed by atoms with Crippen LogP contribution in [0.2, 0.25) is 5.02 Å². The third-order valence-electron chi connectivity index (χ3n) is 1.71. The number of anilines is 1. The van der Waals surface area contributed by atoms with Crippen LogP contribution in [0.1, 0.15) is 10.4 Å². The van der Waals surface area contributed by atoms with E-state index in [0.29, 0.717) is 16.3 Å². The lowest BCUT2D eigenvalue weighted by molar-refractivity contribution is 0.0602. The summed E-state index contributed by atoms with van der Waals surface area (Å²) in [5.41, 5.74) is 1.08. The van der Waals surface area contributed by atoms with Crippen molar-refractivity contribution in [2.75, 3.05) is 19.5 Å². The summed E-state index contributed by atoms with van der Waals surface area (Å²) in [6.45, 7) is 0. The molecule has 0 radical (unpaired) electrons. The third kappa shape index (κ3) is 2.19. The predicted octanol–water partition coefficient (Wildman–Crippen LogP) is 2.93. The number of carbonyl (C=O) groups is 1. The number of methoxy groups -OCH3 is 1. The number of halogens is 2. The topological polar surface area (TPSA) is 38.3 Å². The first-order chi connectivity index (χ1) is 6.60. The maximum atomic E-state index is 11.4. The molecule has 0 fully saturated rings. The first kappa shape index (κ1) is 11.3. The minimum atomic E-state index is -0.419. The van der Waals surface area contributed by atoms with Crippen LogP contribution < -0.4 is 5.32 Å². The summed E-state index contributed by atoms with van der Waals surface area (Å²) in [4.78, 5) is 11.4. The second kappa shape index (κ2) is 4.66. The molecule has 0 amide bonds. The molecule has 0 saturated carbocycles. The van der Waals surface area contributed by atoms with Crippen LogP contribution in [0.5, 0.6) is 0 Å². The van der Waals surface area contributed by atoms with Gasteiger partial charge in [-0.3, -0.25) is 0 Å². The molecule has 14 heavy (non-hydrogen) atoms. The molecule has 0 aliphatic carbocycles. The number of rotatable bonds is 2. The van der Waals surface area contributed by atoms with Gasteiger partial charge in [-0.25, -0.2) is 4.79 Å². The van der Waals surface area contributed by atoms with Gasteiger partial charge in [0.05, 0.1) is 18.4 Å². The minimum Gasteiger partial charge on any atom is -0.465 e. The number of benzene rings is 1. The Labute approximate surface area is 95.5 Å². The molecule has 1 aromatic carbocycles. The highest BCUT2D eigenvalue weighted by molar-refractivity contribution is 9.10. The van der Waals surface area contributed by atoms with Crippen molar-refractivity contribution < 1.29 is 9.53 Å². The number of ether oxygens (including phenoxy) is 1. The fourth-order valence-electron chi connectivity index (χ4n) is 1.10. The van der Waals surface area contributed by atoms with E-state index < -0.39 is 5.97 Å². The molecule has 0 heterocycles.